The van der Waals surface area contributed by atoms with Crippen molar-refractivity contribution in [2.24, 2.45) is 5.41 Å². The van der Waals surface area contributed by atoms with Gasteiger partial charge in [-0.3, -0.25) is 0 Å². The molecule has 1 aromatic rings. The normalized spacial score (nSPS) is 10.0. The van der Waals surface area contributed by atoms with E-state index in [0.29, 0.717) is 5.41 Å². The zero-order valence-electron chi connectivity index (χ0n) is 7.22. The monoisotopic (exact) mass is 156 g/mol. The van der Waals surface area contributed by atoms with Gasteiger partial charge in [0.15, 0.2) is 0 Å². The molecule has 0 fully saturated rings. The van der Waals surface area contributed by atoms with E-state index in [2.05, 4.69) is 27.7 Å². The van der Waals surface area contributed by atoms with Crippen LogP contribution < -0.4 is 0 Å². The van der Waals surface area contributed by atoms with Crippen molar-refractivity contribution in [2.45, 2.75) is 27.7 Å². The molecule has 1 heterocycles. The van der Waals surface area contributed by atoms with Gasteiger partial charge in [0.05, 0.1) is 0 Å². The lowest BCUT2D eigenvalue weighted by molar-refractivity contribution is 0.469. The first-order valence-electron chi connectivity index (χ1n) is 3.47. The Morgan fingerprint density at radius 3 is 1.30 bits per heavy atom. The summed E-state index contributed by atoms with van der Waals surface area (Å²) in [7, 11) is 0. The largest absolute Gasteiger partial charge is 0.152 e. The minimum atomic E-state index is 0.500. The minimum absolute atomic E-state index is 0.500. The first kappa shape index (κ1) is 9.70. The molecule has 10 heavy (non-hydrogen) atoms. The lowest BCUT2D eigenvalue weighted by Crippen LogP contribution is -1.93. The first-order valence-corrected chi connectivity index (χ1v) is 4.41. The molecule has 0 spiro atoms. The molecule has 0 unspecified atom stereocenters. The summed E-state index contributed by atoms with van der Waals surface area (Å²) in [6.45, 7) is 8.75. The third-order valence-electron chi connectivity index (χ3n) is 0.425. The maximum atomic E-state index is 2.19. The Hall–Kier alpha value is -0.300. The SMILES string of the molecule is CC(C)(C)C.c1ccsc1. The third-order valence-corrected chi connectivity index (χ3v) is 1.05. The van der Waals surface area contributed by atoms with E-state index in [1.807, 2.05) is 22.9 Å². The van der Waals surface area contributed by atoms with Crippen LogP contribution in [0.2, 0.25) is 0 Å². The van der Waals surface area contributed by atoms with Gasteiger partial charge in [-0.15, -0.1) is 0 Å². The highest BCUT2D eigenvalue weighted by Crippen LogP contribution is 2.08. The van der Waals surface area contributed by atoms with Gasteiger partial charge in [-0.1, -0.05) is 39.8 Å². The molecule has 0 radical (unpaired) electrons. The van der Waals surface area contributed by atoms with Crippen molar-refractivity contribution in [1.82, 2.24) is 0 Å². The van der Waals surface area contributed by atoms with Gasteiger partial charge < -0.3 is 0 Å². The molecule has 1 heteroatoms. The van der Waals surface area contributed by atoms with E-state index >= 15 is 0 Å². The Bertz CT molecular complexity index is 111. The molecule has 0 atom stereocenters. The molecule has 0 aliphatic rings. The minimum Gasteiger partial charge on any atom is -0.152 e. The van der Waals surface area contributed by atoms with Gasteiger partial charge in [0.2, 0.25) is 0 Å². The molecule has 0 saturated heterocycles. The van der Waals surface area contributed by atoms with E-state index in [-0.39, 0.29) is 0 Å². The summed E-state index contributed by atoms with van der Waals surface area (Å²) < 4.78 is 0. The Kier molecular flexibility index (Phi) is 4.37. The molecular weight excluding hydrogens is 140 g/mol. The molecule has 0 aliphatic carbocycles. The molecule has 0 nitrogen and oxygen atoms in total. The van der Waals surface area contributed by atoms with E-state index in [0.717, 1.165) is 0 Å². The molecular formula is C9H16S. The third kappa shape index (κ3) is 15.6. The highest BCUT2D eigenvalue weighted by molar-refractivity contribution is 7.07. The summed E-state index contributed by atoms with van der Waals surface area (Å²) in [5, 5.41) is 4.08. The molecule has 1 aromatic heterocycles. The summed E-state index contributed by atoms with van der Waals surface area (Å²) in [6, 6.07) is 4.04. The van der Waals surface area contributed by atoms with Crippen LogP contribution in [-0.2, 0) is 0 Å². The van der Waals surface area contributed by atoms with Crippen LogP contribution in [0.5, 0.6) is 0 Å². The second-order valence-corrected chi connectivity index (χ2v) is 4.61. The molecule has 0 aromatic carbocycles. The summed E-state index contributed by atoms with van der Waals surface area (Å²) in [5.74, 6) is 0. The number of hydrogen-bond donors (Lipinski definition) is 0. The van der Waals surface area contributed by atoms with Crippen molar-refractivity contribution in [1.29, 1.82) is 0 Å². The smallest absolute Gasteiger partial charge is 0.00934 e. The molecule has 0 amide bonds. The first-order chi connectivity index (χ1) is 4.50. The van der Waals surface area contributed by atoms with Crippen molar-refractivity contribution >= 4 is 11.3 Å². The van der Waals surface area contributed by atoms with E-state index in [1.165, 1.54) is 0 Å². The fraction of sp³-hybridized carbons (Fsp3) is 0.556. The summed E-state index contributed by atoms with van der Waals surface area (Å²) >= 11 is 1.71. The zero-order chi connectivity index (χ0) is 8.04. The van der Waals surface area contributed by atoms with Crippen molar-refractivity contribution in [3.63, 3.8) is 0 Å². The van der Waals surface area contributed by atoms with Crippen LogP contribution in [-0.4, -0.2) is 0 Å². The van der Waals surface area contributed by atoms with Crippen LogP contribution in [0.15, 0.2) is 22.9 Å². The maximum absolute atomic E-state index is 2.19. The lowest BCUT2D eigenvalue weighted by Gasteiger charge is -2.05. The van der Waals surface area contributed by atoms with E-state index < -0.39 is 0 Å². The fourth-order valence-corrected chi connectivity index (χ4v) is 0.680. The molecule has 0 N–H and O–H groups in total. The summed E-state index contributed by atoms with van der Waals surface area (Å²) in [6.07, 6.45) is 0. The molecule has 0 aliphatic heterocycles. The van der Waals surface area contributed by atoms with Gasteiger partial charge in [0, 0.05) is 0 Å². The lowest BCUT2D eigenvalue weighted by atomic mass is 10.0. The highest BCUT2D eigenvalue weighted by atomic mass is 32.1. The Morgan fingerprint density at radius 2 is 1.20 bits per heavy atom. The van der Waals surface area contributed by atoms with Crippen LogP contribution in [0.1, 0.15) is 27.7 Å². The van der Waals surface area contributed by atoms with Crippen LogP contribution in [0.3, 0.4) is 0 Å². The van der Waals surface area contributed by atoms with Gasteiger partial charge in [-0.05, 0) is 16.2 Å². The topological polar surface area (TPSA) is 0 Å². The quantitative estimate of drug-likeness (QED) is 0.536. The van der Waals surface area contributed by atoms with Gasteiger partial charge in [-0.2, -0.15) is 11.3 Å². The summed E-state index contributed by atoms with van der Waals surface area (Å²) in [4.78, 5) is 0. The highest BCUT2D eigenvalue weighted by Gasteiger charge is 1.95. The van der Waals surface area contributed by atoms with Crippen molar-refractivity contribution in [3.8, 4) is 0 Å². The van der Waals surface area contributed by atoms with Crippen LogP contribution >= 0.6 is 11.3 Å². The second kappa shape index (κ2) is 4.51. The van der Waals surface area contributed by atoms with Gasteiger partial charge in [0.25, 0.3) is 0 Å². The predicted octanol–water partition coefficient (Wildman–Crippen LogP) is 3.80. The van der Waals surface area contributed by atoms with Crippen LogP contribution in [0, 0.1) is 5.41 Å². The second-order valence-electron chi connectivity index (χ2n) is 3.79. The Balaban J connectivity index is 0.000000162. The number of hydrogen-bond acceptors (Lipinski definition) is 1. The predicted molar refractivity (Wildman–Crippen MR) is 49.4 cm³/mol. The van der Waals surface area contributed by atoms with Gasteiger partial charge in [0.1, 0.15) is 0 Å². The number of rotatable bonds is 0. The molecule has 58 valence electrons. The van der Waals surface area contributed by atoms with Gasteiger partial charge >= 0.3 is 0 Å². The average Bonchev–Trinajstić information content (AvgIpc) is 2.07. The van der Waals surface area contributed by atoms with Crippen LogP contribution in [0.4, 0.5) is 0 Å². The zero-order valence-corrected chi connectivity index (χ0v) is 8.03. The molecule has 0 saturated carbocycles. The summed E-state index contributed by atoms with van der Waals surface area (Å²) in [5.41, 5.74) is 0.500. The number of thiophene rings is 1. The van der Waals surface area contributed by atoms with Crippen LogP contribution in [0.25, 0.3) is 0 Å². The maximum Gasteiger partial charge on any atom is -0.00934 e. The van der Waals surface area contributed by atoms with E-state index in [1.54, 1.807) is 11.3 Å². The standard InChI is InChI=1S/C5H12.C4H4S/c1-5(2,3)4;1-2-4-5-3-1/h1-4H3;1-4H. The average molecular weight is 156 g/mol. The van der Waals surface area contributed by atoms with E-state index in [9.17, 15) is 0 Å². The molecule has 1 rings (SSSR count). The Morgan fingerprint density at radius 1 is 0.900 bits per heavy atom. The van der Waals surface area contributed by atoms with Crippen molar-refractivity contribution < 1.29 is 0 Å². The fourth-order valence-electron chi connectivity index (χ4n) is 0.227. The Labute approximate surface area is 67.9 Å². The van der Waals surface area contributed by atoms with Crippen molar-refractivity contribution in [3.05, 3.63) is 22.9 Å². The molecule has 0 bridgehead atoms. The van der Waals surface area contributed by atoms with E-state index in [4.69, 9.17) is 0 Å². The van der Waals surface area contributed by atoms with Gasteiger partial charge in [-0.25, -0.2) is 0 Å². The van der Waals surface area contributed by atoms with Crippen molar-refractivity contribution in [2.75, 3.05) is 0 Å².